The molecular formula is C56H104O12S. The van der Waals surface area contributed by atoms with Crippen molar-refractivity contribution in [3.8, 4) is 0 Å². The Morgan fingerprint density at radius 3 is 1.39 bits per heavy atom. The first-order valence-corrected chi connectivity index (χ1v) is 29.6. The maximum absolute atomic E-state index is 12.9. The summed E-state index contributed by atoms with van der Waals surface area (Å²) in [6.45, 7) is 4.00. The largest absolute Gasteiger partial charge is 0.457 e. The summed E-state index contributed by atoms with van der Waals surface area (Å²) in [6, 6.07) is 0. The zero-order chi connectivity index (χ0) is 50.3. The molecule has 1 saturated heterocycles. The van der Waals surface area contributed by atoms with Crippen LogP contribution in [0.5, 0.6) is 0 Å². The topological polar surface area (TPSA) is 178 Å². The van der Waals surface area contributed by atoms with Gasteiger partial charge in [0.05, 0.1) is 19.8 Å². The lowest BCUT2D eigenvalue weighted by Crippen LogP contribution is -2.60. The molecule has 0 radical (unpaired) electrons. The average molecular weight is 1000 g/mol. The second-order valence-corrected chi connectivity index (χ2v) is 20.6. The first kappa shape index (κ1) is 65.3. The van der Waals surface area contributed by atoms with Crippen LogP contribution in [0.25, 0.3) is 0 Å². The van der Waals surface area contributed by atoms with E-state index in [0.29, 0.717) is 13.0 Å². The van der Waals surface area contributed by atoms with Crippen molar-refractivity contribution in [2.75, 3.05) is 26.4 Å². The fraction of sp³-hybridized carbons (Fsp3) is 0.875. The number of unbranched alkanes of at least 4 members (excludes halogenated alkanes) is 31. The number of aliphatic hydroxyl groups is 3. The minimum absolute atomic E-state index is 0.0337. The van der Waals surface area contributed by atoms with E-state index in [1.54, 1.807) is 0 Å². The van der Waals surface area contributed by atoms with Crippen LogP contribution in [-0.4, -0.2) is 97.5 Å². The second-order valence-electron chi connectivity index (χ2n) is 19.5. The Bertz CT molecular complexity index is 1340. The molecule has 406 valence electrons. The molecule has 69 heavy (non-hydrogen) atoms. The molecule has 1 rings (SSSR count). The molecule has 1 fully saturated rings. The summed E-state index contributed by atoms with van der Waals surface area (Å²) < 4.78 is 59.4. The molecule has 0 aromatic carbocycles. The first-order chi connectivity index (χ1) is 33.6. The van der Waals surface area contributed by atoms with Gasteiger partial charge in [0.25, 0.3) is 0 Å². The van der Waals surface area contributed by atoms with Gasteiger partial charge >= 0.3 is 16.4 Å². The molecule has 4 N–H and O–H groups in total. The Morgan fingerprint density at radius 1 is 0.551 bits per heavy atom. The number of aliphatic hydroxyl groups excluding tert-OH is 3. The summed E-state index contributed by atoms with van der Waals surface area (Å²) in [4.78, 5) is 12.9. The van der Waals surface area contributed by atoms with Crippen molar-refractivity contribution in [2.45, 2.75) is 288 Å². The number of carbonyl (C=O) groups is 1. The lowest BCUT2D eigenvalue weighted by molar-refractivity contribution is -0.301. The van der Waals surface area contributed by atoms with Crippen molar-refractivity contribution in [2.24, 2.45) is 0 Å². The normalized spacial score (nSPS) is 19.4. The Balaban J connectivity index is 2.29. The van der Waals surface area contributed by atoms with E-state index in [-0.39, 0.29) is 19.6 Å². The standard InChI is InChI=1S/C56H104O12S/c1-3-5-7-9-11-13-15-17-19-21-22-23-24-25-26-27-28-29-31-33-35-37-39-41-43-45-52(58)66-50(49-65-56-54(60)55(68-69(61,62)63)53(59)51(47-57)67-56)48-64-46-44-42-40-38-36-34-32-30-20-18-16-14-12-10-8-6-4-2/h15,17,20-22,30,50-51,53-57,59-60H,3-14,16,18-19,23-29,31-49H2,1-2H3,(H,61,62,63)/b17-15-,22-21-,30-20-. The monoisotopic (exact) mass is 1000 g/mol. The molecule has 6 atom stereocenters. The van der Waals surface area contributed by atoms with Crippen molar-refractivity contribution in [3.05, 3.63) is 36.5 Å². The molecule has 0 saturated carbocycles. The minimum Gasteiger partial charge on any atom is -0.457 e. The Morgan fingerprint density at radius 2 is 0.957 bits per heavy atom. The molecule has 12 nitrogen and oxygen atoms in total. The van der Waals surface area contributed by atoms with Crippen LogP contribution in [0.1, 0.15) is 251 Å². The quantitative estimate of drug-likeness (QED) is 0.0196. The van der Waals surface area contributed by atoms with Gasteiger partial charge in [0.15, 0.2) is 6.29 Å². The van der Waals surface area contributed by atoms with E-state index in [9.17, 15) is 33.1 Å². The molecule has 0 spiro atoms. The smallest absolute Gasteiger partial charge is 0.397 e. The molecule has 0 aromatic heterocycles. The third-order valence-electron chi connectivity index (χ3n) is 13.0. The first-order valence-electron chi connectivity index (χ1n) is 28.2. The molecule has 1 heterocycles. The zero-order valence-corrected chi connectivity index (χ0v) is 44.7. The van der Waals surface area contributed by atoms with Crippen molar-refractivity contribution >= 4 is 16.4 Å². The van der Waals surface area contributed by atoms with Crippen molar-refractivity contribution < 1.29 is 56.2 Å². The average Bonchev–Trinajstić information content (AvgIpc) is 3.32. The van der Waals surface area contributed by atoms with E-state index in [1.807, 2.05) is 0 Å². The predicted octanol–water partition coefficient (Wildman–Crippen LogP) is 13.7. The molecule has 1 aliphatic heterocycles. The highest BCUT2D eigenvalue weighted by Gasteiger charge is 2.48. The fourth-order valence-electron chi connectivity index (χ4n) is 8.70. The molecule has 0 bridgehead atoms. The number of hydrogen-bond acceptors (Lipinski definition) is 11. The van der Waals surface area contributed by atoms with Gasteiger partial charge in [0.2, 0.25) is 0 Å². The third kappa shape index (κ3) is 40.5. The summed E-state index contributed by atoms with van der Waals surface area (Å²) in [5, 5.41) is 30.8. The Kier molecular flexibility index (Phi) is 44.8. The zero-order valence-electron chi connectivity index (χ0n) is 43.9. The molecule has 13 heteroatoms. The van der Waals surface area contributed by atoms with Crippen LogP contribution < -0.4 is 0 Å². The predicted molar refractivity (Wildman–Crippen MR) is 280 cm³/mol. The van der Waals surface area contributed by atoms with Gasteiger partial charge in [-0.15, -0.1) is 0 Å². The highest BCUT2D eigenvalue weighted by Crippen LogP contribution is 2.26. The summed E-state index contributed by atoms with van der Waals surface area (Å²) >= 11 is 0. The number of carbonyl (C=O) groups excluding carboxylic acids is 1. The van der Waals surface area contributed by atoms with E-state index in [1.165, 1.54) is 173 Å². The molecular weight excluding hydrogens is 897 g/mol. The van der Waals surface area contributed by atoms with E-state index in [0.717, 1.165) is 51.4 Å². The summed E-state index contributed by atoms with van der Waals surface area (Å²) in [5.74, 6) is -0.399. The third-order valence-corrected chi connectivity index (χ3v) is 13.5. The van der Waals surface area contributed by atoms with Crippen LogP contribution in [0.4, 0.5) is 0 Å². The van der Waals surface area contributed by atoms with Gasteiger partial charge in [-0.2, -0.15) is 8.42 Å². The maximum Gasteiger partial charge on any atom is 0.397 e. The van der Waals surface area contributed by atoms with E-state index < -0.39 is 59.8 Å². The van der Waals surface area contributed by atoms with Crippen LogP contribution in [0.2, 0.25) is 0 Å². The summed E-state index contributed by atoms with van der Waals surface area (Å²) in [7, 11) is -5.07. The van der Waals surface area contributed by atoms with Crippen molar-refractivity contribution in [1.82, 2.24) is 0 Å². The van der Waals surface area contributed by atoms with Crippen LogP contribution in [0.3, 0.4) is 0 Å². The molecule has 6 unspecified atom stereocenters. The van der Waals surface area contributed by atoms with Gasteiger partial charge in [0.1, 0.15) is 30.5 Å². The van der Waals surface area contributed by atoms with E-state index >= 15 is 0 Å². The van der Waals surface area contributed by atoms with Crippen molar-refractivity contribution in [3.63, 3.8) is 0 Å². The molecule has 0 amide bonds. The molecule has 1 aliphatic rings. The summed E-state index contributed by atoms with van der Waals surface area (Å²) in [5.41, 5.74) is 0. The van der Waals surface area contributed by atoms with E-state index in [4.69, 9.17) is 18.9 Å². The fourth-order valence-corrected chi connectivity index (χ4v) is 9.21. The van der Waals surface area contributed by atoms with Crippen LogP contribution in [0.15, 0.2) is 36.5 Å². The summed E-state index contributed by atoms with van der Waals surface area (Å²) in [6.07, 6.45) is 48.9. The Labute approximate surface area is 422 Å². The van der Waals surface area contributed by atoms with Gasteiger partial charge in [-0.25, -0.2) is 4.18 Å². The van der Waals surface area contributed by atoms with Gasteiger partial charge in [-0.3, -0.25) is 9.35 Å². The van der Waals surface area contributed by atoms with Crippen LogP contribution >= 0.6 is 0 Å². The number of esters is 1. The Hall–Kier alpha value is -1.68. The number of hydrogen-bond donors (Lipinski definition) is 4. The molecule has 0 aromatic rings. The highest BCUT2D eigenvalue weighted by atomic mass is 32.3. The minimum atomic E-state index is -5.07. The highest BCUT2D eigenvalue weighted by molar-refractivity contribution is 7.80. The number of rotatable bonds is 50. The van der Waals surface area contributed by atoms with Crippen LogP contribution in [-0.2, 0) is 38.3 Å². The second kappa shape index (κ2) is 47.3. The molecule has 0 aliphatic carbocycles. The van der Waals surface area contributed by atoms with E-state index in [2.05, 4.69) is 54.5 Å². The van der Waals surface area contributed by atoms with Gasteiger partial charge < -0.3 is 34.3 Å². The van der Waals surface area contributed by atoms with Crippen molar-refractivity contribution in [1.29, 1.82) is 0 Å². The lowest BCUT2D eigenvalue weighted by atomic mass is 9.99. The maximum atomic E-state index is 12.9. The lowest BCUT2D eigenvalue weighted by Gasteiger charge is -2.41. The number of ether oxygens (including phenoxy) is 4. The van der Waals surface area contributed by atoms with Gasteiger partial charge in [0, 0.05) is 13.0 Å². The van der Waals surface area contributed by atoms with Crippen LogP contribution in [0, 0.1) is 0 Å². The van der Waals surface area contributed by atoms with Gasteiger partial charge in [-0.1, -0.05) is 211 Å². The number of allylic oxidation sites excluding steroid dienone is 6. The SMILES string of the molecule is CCCCCCC/C=C\C/C=C\CCCCCCCCCCCCCCCC(=O)OC(COCCCCCCCC/C=C\CCCCCCCCC)COC1OC(CO)C(O)C(OS(=O)(=O)O)C1O. The van der Waals surface area contributed by atoms with Gasteiger partial charge in [-0.05, 0) is 70.6 Å².